The number of amides is 1. The van der Waals surface area contributed by atoms with E-state index >= 15 is 0 Å². The Morgan fingerprint density at radius 3 is 2.56 bits per heavy atom. The fraction of sp³-hybridized carbons (Fsp3) is 0.667. The van der Waals surface area contributed by atoms with Crippen LogP contribution in [0, 0.1) is 0 Å². The molecule has 1 rings (SSSR count). The Morgan fingerprint density at radius 1 is 1.50 bits per heavy atom. The topological polar surface area (TPSA) is 71.2 Å². The summed E-state index contributed by atoms with van der Waals surface area (Å²) in [4.78, 5) is 18.7. The number of nitrogens with zero attached hydrogens (tertiary/aromatic N) is 2. The fourth-order valence-electron chi connectivity index (χ4n) is 1.73. The van der Waals surface area contributed by atoms with Gasteiger partial charge in [0, 0.05) is 19.6 Å². The number of carbonyl (C=O) groups is 1. The zero-order valence-electron chi connectivity index (χ0n) is 11.7. The number of rotatable bonds is 5. The molecule has 0 aromatic carbocycles. The van der Waals surface area contributed by atoms with Gasteiger partial charge in [-0.15, -0.1) is 0 Å². The maximum atomic E-state index is 12.2. The minimum absolute atomic E-state index is 0.142. The number of nitrogens with two attached hydrogens (primary N) is 1. The summed E-state index contributed by atoms with van der Waals surface area (Å²) in [7, 11) is 3.75. The number of anilines is 2. The summed E-state index contributed by atoms with van der Waals surface area (Å²) in [5.41, 5.74) is 5.56. The largest absolute Gasteiger partial charge is 0.382 e. The number of thiazole rings is 1. The Morgan fingerprint density at radius 2 is 2.11 bits per heavy atom. The SMILES string of the molecule is CCCC(C)(C)NC(=O)c1sc(N(C)C)nc1N. The molecule has 3 N–H and O–H groups in total. The van der Waals surface area contributed by atoms with Gasteiger partial charge in [0.25, 0.3) is 5.91 Å². The zero-order valence-corrected chi connectivity index (χ0v) is 12.5. The van der Waals surface area contributed by atoms with Gasteiger partial charge in [0.05, 0.1) is 0 Å². The molecule has 0 bridgehead atoms. The number of nitrogens with one attached hydrogen (secondary N) is 1. The van der Waals surface area contributed by atoms with E-state index in [0.29, 0.717) is 10.7 Å². The van der Waals surface area contributed by atoms with Gasteiger partial charge in [-0.25, -0.2) is 4.98 Å². The maximum Gasteiger partial charge on any atom is 0.265 e. The van der Waals surface area contributed by atoms with E-state index in [2.05, 4.69) is 17.2 Å². The molecule has 0 unspecified atom stereocenters. The summed E-state index contributed by atoms with van der Waals surface area (Å²) in [5, 5.41) is 3.74. The Bertz CT molecular complexity index is 426. The monoisotopic (exact) mass is 270 g/mol. The summed E-state index contributed by atoms with van der Waals surface area (Å²) in [6.07, 6.45) is 1.95. The van der Waals surface area contributed by atoms with Gasteiger partial charge in [-0.2, -0.15) is 0 Å². The highest BCUT2D eigenvalue weighted by molar-refractivity contribution is 7.18. The first kappa shape index (κ1) is 14.8. The summed E-state index contributed by atoms with van der Waals surface area (Å²) in [5.74, 6) is 0.157. The van der Waals surface area contributed by atoms with E-state index in [9.17, 15) is 4.79 Å². The molecule has 1 heterocycles. The van der Waals surface area contributed by atoms with Crippen molar-refractivity contribution < 1.29 is 4.79 Å². The molecular weight excluding hydrogens is 248 g/mol. The summed E-state index contributed by atoms with van der Waals surface area (Å²) >= 11 is 1.31. The van der Waals surface area contributed by atoms with Crippen LogP contribution in [0.25, 0.3) is 0 Å². The molecule has 1 aromatic heterocycles. The van der Waals surface area contributed by atoms with Crippen molar-refractivity contribution in [1.29, 1.82) is 0 Å². The van der Waals surface area contributed by atoms with Crippen LogP contribution < -0.4 is 16.0 Å². The lowest BCUT2D eigenvalue weighted by Gasteiger charge is -2.25. The van der Waals surface area contributed by atoms with Crippen molar-refractivity contribution in [2.45, 2.75) is 39.2 Å². The van der Waals surface area contributed by atoms with Gasteiger partial charge in [-0.3, -0.25) is 4.79 Å². The van der Waals surface area contributed by atoms with E-state index < -0.39 is 0 Å². The molecule has 0 atom stereocenters. The van der Waals surface area contributed by atoms with Crippen LogP contribution in [0.1, 0.15) is 43.3 Å². The van der Waals surface area contributed by atoms with E-state index in [-0.39, 0.29) is 11.4 Å². The predicted molar refractivity (Wildman–Crippen MR) is 77.3 cm³/mol. The number of hydrogen-bond donors (Lipinski definition) is 2. The molecule has 0 radical (unpaired) electrons. The molecule has 6 heteroatoms. The van der Waals surface area contributed by atoms with Gasteiger partial charge >= 0.3 is 0 Å². The number of nitrogen functional groups attached to an aromatic ring is 1. The third kappa shape index (κ3) is 3.60. The van der Waals surface area contributed by atoms with Crippen molar-refractivity contribution >= 4 is 28.2 Å². The quantitative estimate of drug-likeness (QED) is 0.859. The second-order valence-corrected chi connectivity index (χ2v) is 6.17. The van der Waals surface area contributed by atoms with E-state index in [0.717, 1.165) is 18.0 Å². The Balaban J connectivity index is 2.84. The highest BCUT2D eigenvalue weighted by Gasteiger charge is 2.24. The van der Waals surface area contributed by atoms with Crippen molar-refractivity contribution in [1.82, 2.24) is 10.3 Å². The molecule has 0 spiro atoms. The Hall–Kier alpha value is -1.30. The molecule has 0 aliphatic carbocycles. The van der Waals surface area contributed by atoms with Gasteiger partial charge in [0.2, 0.25) is 0 Å². The molecular formula is C12H22N4OS. The molecule has 0 saturated carbocycles. The van der Waals surface area contributed by atoms with Crippen molar-refractivity contribution in [2.24, 2.45) is 0 Å². The average Bonchev–Trinajstić information content (AvgIpc) is 2.59. The van der Waals surface area contributed by atoms with E-state index in [1.165, 1.54) is 11.3 Å². The Labute approximate surface area is 112 Å². The van der Waals surface area contributed by atoms with Crippen LogP contribution in [-0.4, -0.2) is 30.5 Å². The van der Waals surface area contributed by atoms with Crippen molar-refractivity contribution in [2.75, 3.05) is 24.7 Å². The number of hydrogen-bond acceptors (Lipinski definition) is 5. The second-order valence-electron chi connectivity index (χ2n) is 5.19. The van der Waals surface area contributed by atoms with Crippen molar-refractivity contribution in [3.63, 3.8) is 0 Å². The van der Waals surface area contributed by atoms with Crippen LogP contribution in [0.2, 0.25) is 0 Å². The molecule has 0 aliphatic heterocycles. The lowest BCUT2D eigenvalue weighted by molar-refractivity contribution is 0.0914. The molecule has 0 fully saturated rings. The Kier molecular flexibility index (Phi) is 4.56. The average molecular weight is 270 g/mol. The second kappa shape index (κ2) is 5.56. The van der Waals surface area contributed by atoms with Crippen LogP contribution in [0.5, 0.6) is 0 Å². The lowest BCUT2D eigenvalue weighted by Crippen LogP contribution is -2.43. The standard InChI is InChI=1S/C12H22N4OS/c1-6-7-12(2,3)15-10(17)8-9(13)14-11(18-8)16(4)5/h6-7,13H2,1-5H3,(H,15,17). The van der Waals surface area contributed by atoms with Gasteiger partial charge in [-0.1, -0.05) is 24.7 Å². The van der Waals surface area contributed by atoms with Gasteiger partial charge in [-0.05, 0) is 20.3 Å². The van der Waals surface area contributed by atoms with Crippen LogP contribution >= 0.6 is 11.3 Å². The smallest absolute Gasteiger partial charge is 0.265 e. The van der Waals surface area contributed by atoms with Crippen molar-refractivity contribution in [3.8, 4) is 0 Å². The molecule has 1 amide bonds. The molecule has 102 valence electrons. The predicted octanol–water partition coefficient (Wildman–Crippen LogP) is 2.10. The van der Waals surface area contributed by atoms with Gasteiger partial charge in [0.1, 0.15) is 10.7 Å². The van der Waals surface area contributed by atoms with Crippen LogP contribution in [0.15, 0.2) is 0 Å². The molecule has 0 aliphatic rings. The van der Waals surface area contributed by atoms with Gasteiger partial charge in [0.15, 0.2) is 5.13 Å². The highest BCUT2D eigenvalue weighted by atomic mass is 32.1. The number of carbonyl (C=O) groups excluding carboxylic acids is 1. The van der Waals surface area contributed by atoms with Crippen molar-refractivity contribution in [3.05, 3.63) is 4.88 Å². The summed E-state index contributed by atoms with van der Waals surface area (Å²) < 4.78 is 0. The first-order valence-electron chi connectivity index (χ1n) is 6.03. The minimum atomic E-state index is -0.222. The lowest BCUT2D eigenvalue weighted by atomic mass is 9.99. The highest BCUT2D eigenvalue weighted by Crippen LogP contribution is 2.27. The van der Waals surface area contributed by atoms with Crippen LogP contribution in [0.4, 0.5) is 10.9 Å². The molecule has 1 aromatic rings. The van der Waals surface area contributed by atoms with E-state index in [1.807, 2.05) is 32.8 Å². The fourth-order valence-corrected chi connectivity index (χ4v) is 2.53. The van der Waals surface area contributed by atoms with E-state index in [1.54, 1.807) is 0 Å². The van der Waals surface area contributed by atoms with Crippen LogP contribution in [-0.2, 0) is 0 Å². The molecule has 5 nitrogen and oxygen atoms in total. The third-order valence-electron chi connectivity index (χ3n) is 2.56. The zero-order chi connectivity index (χ0) is 13.9. The minimum Gasteiger partial charge on any atom is -0.382 e. The first-order valence-corrected chi connectivity index (χ1v) is 6.84. The van der Waals surface area contributed by atoms with E-state index in [4.69, 9.17) is 5.73 Å². The third-order valence-corrected chi connectivity index (χ3v) is 3.80. The normalized spacial score (nSPS) is 11.4. The maximum absolute atomic E-state index is 12.2. The molecule has 0 saturated heterocycles. The summed E-state index contributed by atoms with van der Waals surface area (Å²) in [6.45, 7) is 6.12. The number of aromatic nitrogens is 1. The summed E-state index contributed by atoms with van der Waals surface area (Å²) in [6, 6.07) is 0. The van der Waals surface area contributed by atoms with Gasteiger partial charge < -0.3 is 16.0 Å². The van der Waals surface area contributed by atoms with Crippen LogP contribution in [0.3, 0.4) is 0 Å². The first-order chi connectivity index (χ1) is 8.26. The molecule has 18 heavy (non-hydrogen) atoms.